The normalized spacial score (nSPS) is 13.3. The Balaban J connectivity index is 3.07. The number of sulfonamides is 1. The molecule has 7 heteroatoms. The van der Waals surface area contributed by atoms with Gasteiger partial charge in [0.05, 0.1) is 4.90 Å². The van der Waals surface area contributed by atoms with Gasteiger partial charge in [0, 0.05) is 19.1 Å². The van der Waals surface area contributed by atoms with Crippen molar-refractivity contribution in [1.82, 2.24) is 9.62 Å². The zero-order valence-electron chi connectivity index (χ0n) is 11.9. The summed E-state index contributed by atoms with van der Waals surface area (Å²) >= 11 is 5.80. The lowest BCUT2D eigenvalue weighted by atomic mass is 10.0. The predicted octanol–water partition coefficient (Wildman–Crippen LogP) is 1.73. The Morgan fingerprint density at radius 2 is 1.90 bits per heavy atom. The Morgan fingerprint density at radius 3 is 2.35 bits per heavy atom. The molecule has 0 aliphatic rings. The maximum Gasteiger partial charge on any atom is 0.241 e. The molecule has 0 aliphatic carbocycles. The van der Waals surface area contributed by atoms with Crippen molar-refractivity contribution in [2.75, 3.05) is 14.1 Å². The molecule has 0 fully saturated rings. The standard InChI is InChI=1S/C13H19ClN2O3S/c1-9(2)12(13(17)16(3)4)15-20(18,19)11-7-5-6-10(14)8-11/h5-9,12,15H,1-4H3/t12-/m1/s1. The fourth-order valence-corrected chi connectivity index (χ4v) is 3.26. The number of halogens is 1. The van der Waals surface area contributed by atoms with Crippen molar-refractivity contribution in [3.05, 3.63) is 29.3 Å². The van der Waals surface area contributed by atoms with Crippen molar-refractivity contribution < 1.29 is 13.2 Å². The number of nitrogens with zero attached hydrogens (tertiary/aromatic N) is 1. The zero-order valence-corrected chi connectivity index (χ0v) is 13.5. The number of carbonyl (C=O) groups excluding carboxylic acids is 1. The van der Waals surface area contributed by atoms with Gasteiger partial charge in [-0.2, -0.15) is 4.72 Å². The van der Waals surface area contributed by atoms with Crippen LogP contribution in [0.3, 0.4) is 0 Å². The minimum absolute atomic E-state index is 0.0437. The van der Waals surface area contributed by atoms with Gasteiger partial charge in [-0.05, 0) is 24.1 Å². The average molecular weight is 319 g/mol. The molecule has 0 saturated heterocycles. The molecule has 5 nitrogen and oxygen atoms in total. The second-order valence-electron chi connectivity index (χ2n) is 5.03. The van der Waals surface area contributed by atoms with Crippen LogP contribution < -0.4 is 4.72 Å². The van der Waals surface area contributed by atoms with Gasteiger partial charge >= 0.3 is 0 Å². The third-order valence-electron chi connectivity index (χ3n) is 2.76. The molecule has 0 aliphatic heterocycles. The molecule has 20 heavy (non-hydrogen) atoms. The first-order valence-corrected chi connectivity index (χ1v) is 8.00. The second-order valence-corrected chi connectivity index (χ2v) is 7.18. The Morgan fingerprint density at radius 1 is 1.30 bits per heavy atom. The summed E-state index contributed by atoms with van der Waals surface area (Å²) in [7, 11) is -0.610. The maximum atomic E-state index is 12.3. The van der Waals surface area contributed by atoms with Gasteiger partial charge in [-0.3, -0.25) is 4.79 Å². The topological polar surface area (TPSA) is 66.5 Å². The van der Waals surface area contributed by atoms with Crippen LogP contribution in [0, 0.1) is 5.92 Å². The van der Waals surface area contributed by atoms with E-state index in [2.05, 4.69) is 4.72 Å². The fraction of sp³-hybridized carbons (Fsp3) is 0.462. The van der Waals surface area contributed by atoms with Crippen LogP contribution >= 0.6 is 11.6 Å². The molecule has 0 saturated carbocycles. The highest BCUT2D eigenvalue weighted by Gasteiger charge is 2.29. The van der Waals surface area contributed by atoms with E-state index in [1.54, 1.807) is 40.1 Å². The Bertz CT molecular complexity index is 585. The van der Waals surface area contributed by atoms with E-state index in [0.717, 1.165) is 0 Å². The number of hydrogen-bond acceptors (Lipinski definition) is 3. The first kappa shape index (κ1) is 16.9. The summed E-state index contributed by atoms with van der Waals surface area (Å²) in [5.74, 6) is -0.454. The Hall–Kier alpha value is -1.11. The summed E-state index contributed by atoms with van der Waals surface area (Å²) < 4.78 is 27.0. The Labute approximate surface area is 125 Å². The molecule has 0 aromatic heterocycles. The monoisotopic (exact) mass is 318 g/mol. The Kier molecular flexibility index (Phi) is 5.56. The third-order valence-corrected chi connectivity index (χ3v) is 4.44. The van der Waals surface area contributed by atoms with Gasteiger partial charge in [0.1, 0.15) is 6.04 Å². The summed E-state index contributed by atoms with van der Waals surface area (Å²) in [6.07, 6.45) is 0. The number of rotatable bonds is 5. The lowest BCUT2D eigenvalue weighted by molar-refractivity contribution is -0.131. The molecule has 112 valence electrons. The van der Waals surface area contributed by atoms with E-state index in [4.69, 9.17) is 11.6 Å². The lowest BCUT2D eigenvalue weighted by Crippen LogP contribution is -2.49. The van der Waals surface area contributed by atoms with Crippen molar-refractivity contribution >= 4 is 27.5 Å². The number of amides is 1. The van der Waals surface area contributed by atoms with E-state index in [-0.39, 0.29) is 16.7 Å². The van der Waals surface area contributed by atoms with Gasteiger partial charge in [-0.25, -0.2) is 8.42 Å². The van der Waals surface area contributed by atoms with Crippen molar-refractivity contribution in [1.29, 1.82) is 0 Å². The van der Waals surface area contributed by atoms with E-state index in [1.165, 1.54) is 17.0 Å². The van der Waals surface area contributed by atoms with Gasteiger partial charge in [-0.15, -0.1) is 0 Å². The second kappa shape index (κ2) is 6.56. The molecular weight excluding hydrogens is 300 g/mol. The number of nitrogens with one attached hydrogen (secondary N) is 1. The van der Waals surface area contributed by atoms with Crippen LogP contribution in [-0.4, -0.2) is 39.4 Å². The van der Waals surface area contributed by atoms with E-state index in [1.807, 2.05) is 0 Å². The van der Waals surface area contributed by atoms with E-state index < -0.39 is 16.1 Å². The zero-order chi connectivity index (χ0) is 15.5. The number of benzene rings is 1. The molecule has 0 radical (unpaired) electrons. The third kappa shape index (κ3) is 4.19. The van der Waals surface area contributed by atoms with Crippen LogP contribution in [0.25, 0.3) is 0 Å². The van der Waals surface area contributed by atoms with Crippen molar-refractivity contribution in [3.8, 4) is 0 Å². The fourth-order valence-electron chi connectivity index (χ4n) is 1.62. The van der Waals surface area contributed by atoms with Gasteiger partial charge in [0.15, 0.2) is 0 Å². The molecule has 0 unspecified atom stereocenters. The highest BCUT2D eigenvalue weighted by Crippen LogP contribution is 2.17. The number of hydrogen-bond donors (Lipinski definition) is 1. The quantitative estimate of drug-likeness (QED) is 0.899. The summed E-state index contributed by atoms with van der Waals surface area (Å²) in [4.78, 5) is 13.4. The first-order chi connectivity index (χ1) is 9.15. The van der Waals surface area contributed by atoms with Crippen LogP contribution in [0.15, 0.2) is 29.2 Å². The SMILES string of the molecule is CC(C)[C@@H](NS(=O)(=O)c1cccc(Cl)c1)C(=O)N(C)C. The predicted molar refractivity (Wildman–Crippen MR) is 79.1 cm³/mol. The molecule has 1 aromatic carbocycles. The summed E-state index contributed by atoms with van der Waals surface area (Å²) in [6, 6.07) is 5.11. The maximum absolute atomic E-state index is 12.3. The molecule has 1 atom stereocenters. The van der Waals surface area contributed by atoms with Gasteiger partial charge < -0.3 is 4.90 Å². The number of likely N-dealkylation sites (N-methyl/N-ethyl adjacent to an activating group) is 1. The van der Waals surface area contributed by atoms with E-state index >= 15 is 0 Å². The highest BCUT2D eigenvalue weighted by atomic mass is 35.5. The van der Waals surface area contributed by atoms with Gasteiger partial charge in [-0.1, -0.05) is 31.5 Å². The van der Waals surface area contributed by atoms with Gasteiger partial charge in [0.2, 0.25) is 15.9 Å². The van der Waals surface area contributed by atoms with Crippen LogP contribution in [0.4, 0.5) is 0 Å². The average Bonchev–Trinajstić information content (AvgIpc) is 2.34. The minimum Gasteiger partial charge on any atom is -0.347 e. The smallest absolute Gasteiger partial charge is 0.241 e. The molecular formula is C13H19ClN2O3S. The summed E-state index contributed by atoms with van der Waals surface area (Å²) in [6.45, 7) is 3.57. The van der Waals surface area contributed by atoms with Gasteiger partial charge in [0.25, 0.3) is 0 Å². The molecule has 0 spiro atoms. The minimum atomic E-state index is -3.79. The molecule has 0 heterocycles. The first-order valence-electron chi connectivity index (χ1n) is 6.14. The molecule has 1 rings (SSSR count). The molecule has 1 N–H and O–H groups in total. The largest absolute Gasteiger partial charge is 0.347 e. The summed E-state index contributed by atoms with van der Waals surface area (Å²) in [5, 5.41) is 0.327. The highest BCUT2D eigenvalue weighted by molar-refractivity contribution is 7.89. The van der Waals surface area contributed by atoms with Crippen LogP contribution in [0.2, 0.25) is 5.02 Å². The van der Waals surface area contributed by atoms with Crippen molar-refractivity contribution in [3.63, 3.8) is 0 Å². The van der Waals surface area contributed by atoms with E-state index in [0.29, 0.717) is 5.02 Å². The van der Waals surface area contributed by atoms with Crippen LogP contribution in [0.1, 0.15) is 13.8 Å². The van der Waals surface area contributed by atoms with Crippen LogP contribution in [0.5, 0.6) is 0 Å². The molecule has 1 aromatic rings. The molecule has 1 amide bonds. The lowest BCUT2D eigenvalue weighted by Gasteiger charge is -2.24. The summed E-state index contributed by atoms with van der Waals surface area (Å²) in [5.41, 5.74) is 0. The van der Waals surface area contributed by atoms with Crippen LogP contribution in [-0.2, 0) is 14.8 Å². The number of carbonyl (C=O) groups is 1. The molecule has 0 bridgehead atoms. The van der Waals surface area contributed by atoms with Crippen molar-refractivity contribution in [2.45, 2.75) is 24.8 Å². The van der Waals surface area contributed by atoms with Crippen molar-refractivity contribution in [2.24, 2.45) is 5.92 Å². The van der Waals surface area contributed by atoms with E-state index in [9.17, 15) is 13.2 Å².